The maximum Gasteiger partial charge on any atom is 0.251 e. The Morgan fingerprint density at radius 2 is 1.79 bits per heavy atom. The molecule has 0 spiro atoms. The summed E-state index contributed by atoms with van der Waals surface area (Å²) in [5.41, 5.74) is 5.16. The monoisotopic (exact) mass is 454 g/mol. The third-order valence-electron chi connectivity index (χ3n) is 5.85. The first-order valence-corrected chi connectivity index (χ1v) is 10.9. The average molecular weight is 455 g/mol. The lowest BCUT2D eigenvalue weighted by atomic mass is 10.00. The van der Waals surface area contributed by atoms with E-state index in [1.807, 2.05) is 44.2 Å². The van der Waals surface area contributed by atoms with Crippen molar-refractivity contribution >= 4 is 23.2 Å². The van der Waals surface area contributed by atoms with Crippen LogP contribution in [-0.4, -0.2) is 32.7 Å². The number of hydrogen-bond donors (Lipinski definition) is 1. The average Bonchev–Trinajstić information content (AvgIpc) is 3.33. The normalized spacial score (nSPS) is 15.0. The van der Waals surface area contributed by atoms with Crippen molar-refractivity contribution in [3.63, 3.8) is 0 Å². The molecule has 5 rings (SSSR count). The van der Waals surface area contributed by atoms with E-state index >= 15 is 0 Å². The maximum atomic E-state index is 13.7. The molecule has 0 aliphatic carbocycles. The number of anilines is 2. The van der Waals surface area contributed by atoms with Crippen molar-refractivity contribution in [1.82, 2.24) is 20.2 Å². The molecule has 1 aliphatic heterocycles. The molecule has 0 radical (unpaired) electrons. The topological polar surface area (TPSA) is 75.9 Å². The molecule has 7 nitrogen and oxygen atoms in total. The summed E-state index contributed by atoms with van der Waals surface area (Å²) in [6.45, 7) is 3.81. The molecule has 1 atom stereocenters. The van der Waals surface area contributed by atoms with Crippen molar-refractivity contribution in [1.29, 1.82) is 0 Å². The van der Waals surface area contributed by atoms with Gasteiger partial charge in [-0.05, 0) is 59.2 Å². The van der Waals surface area contributed by atoms with Crippen molar-refractivity contribution in [3.8, 4) is 0 Å². The molecule has 0 saturated carbocycles. The quantitative estimate of drug-likeness (QED) is 0.480. The zero-order valence-corrected chi connectivity index (χ0v) is 18.8. The van der Waals surface area contributed by atoms with Crippen molar-refractivity contribution in [2.75, 3.05) is 16.8 Å². The Bertz CT molecular complexity index is 1360. The van der Waals surface area contributed by atoms with E-state index in [4.69, 9.17) is 0 Å². The van der Waals surface area contributed by atoms with Crippen LogP contribution in [0, 0.1) is 19.7 Å². The number of aryl methyl sites for hydroxylation is 2. The van der Waals surface area contributed by atoms with Gasteiger partial charge in [0, 0.05) is 5.69 Å². The molecule has 1 aromatic heterocycles. The van der Waals surface area contributed by atoms with Crippen LogP contribution in [0.3, 0.4) is 0 Å². The van der Waals surface area contributed by atoms with E-state index in [-0.39, 0.29) is 18.5 Å². The second-order valence-corrected chi connectivity index (χ2v) is 8.29. The summed E-state index contributed by atoms with van der Waals surface area (Å²) in [5, 5.41) is 15.2. The number of tetrazole rings is 1. The van der Waals surface area contributed by atoms with Crippen LogP contribution in [0.15, 0.2) is 78.9 Å². The smallest absolute Gasteiger partial charge is 0.251 e. The van der Waals surface area contributed by atoms with Gasteiger partial charge in [0.15, 0.2) is 0 Å². The van der Waals surface area contributed by atoms with Gasteiger partial charge in [0.2, 0.25) is 5.91 Å². The largest absolute Gasteiger partial charge is 0.324 e. The number of hydrogen-bond acceptors (Lipinski definition) is 5. The Hall–Kier alpha value is -4.33. The van der Waals surface area contributed by atoms with Crippen LogP contribution in [0.2, 0.25) is 0 Å². The fraction of sp³-hybridized carbons (Fsp3) is 0.154. The van der Waals surface area contributed by atoms with Crippen LogP contribution in [0.1, 0.15) is 28.3 Å². The van der Waals surface area contributed by atoms with E-state index in [1.165, 1.54) is 12.1 Å². The predicted molar refractivity (Wildman–Crippen MR) is 129 cm³/mol. The highest BCUT2D eigenvalue weighted by molar-refractivity contribution is 5.97. The lowest BCUT2D eigenvalue weighted by Crippen LogP contribution is -2.37. The zero-order valence-electron chi connectivity index (χ0n) is 18.8. The van der Waals surface area contributed by atoms with Crippen molar-refractivity contribution in [3.05, 3.63) is 107 Å². The first-order chi connectivity index (χ1) is 16.5. The molecule has 0 saturated heterocycles. The van der Waals surface area contributed by atoms with E-state index in [9.17, 15) is 9.18 Å². The number of carbonyl (C=O) groups is 1. The number of carbonyl (C=O) groups excluding carboxylic acids is 1. The Morgan fingerprint density at radius 3 is 2.56 bits per heavy atom. The summed E-state index contributed by atoms with van der Waals surface area (Å²) in [6.07, 6.45) is 2.06. The number of allylic oxidation sites excluding steroid dienone is 1. The minimum Gasteiger partial charge on any atom is -0.324 e. The van der Waals surface area contributed by atoms with Gasteiger partial charge in [0.25, 0.3) is 5.95 Å². The van der Waals surface area contributed by atoms with Gasteiger partial charge in [0.1, 0.15) is 18.4 Å². The van der Waals surface area contributed by atoms with Crippen molar-refractivity contribution < 1.29 is 9.18 Å². The molecule has 0 unspecified atom stereocenters. The number of benzene rings is 3. The Kier molecular flexibility index (Phi) is 5.63. The van der Waals surface area contributed by atoms with Crippen LogP contribution in [0.25, 0.3) is 5.70 Å². The second kappa shape index (κ2) is 8.90. The Balaban J connectivity index is 1.53. The van der Waals surface area contributed by atoms with Gasteiger partial charge >= 0.3 is 0 Å². The summed E-state index contributed by atoms with van der Waals surface area (Å²) in [7, 11) is 0. The van der Waals surface area contributed by atoms with Crippen LogP contribution in [0.5, 0.6) is 0 Å². The van der Waals surface area contributed by atoms with Gasteiger partial charge in [-0.1, -0.05) is 71.3 Å². The van der Waals surface area contributed by atoms with Crippen LogP contribution in [-0.2, 0) is 4.79 Å². The fourth-order valence-electron chi connectivity index (χ4n) is 4.04. The highest BCUT2D eigenvalue weighted by atomic mass is 19.1. The fourth-order valence-corrected chi connectivity index (χ4v) is 4.04. The number of aromatic nitrogens is 4. The molecule has 4 aromatic rings. The molecule has 1 N–H and O–H groups in total. The standard InChI is InChI=1S/C26H23FN6O/c1-17-8-11-20(12-9-17)24-15-23(19-6-4-3-5-7-19)32(26-29-30-31-33(24)26)16-25(34)28-22-14-21(27)13-10-18(22)2/h3-15,24H,16H2,1-2H3,(H,28,34)/t24-/m0/s1. The number of nitrogens with zero attached hydrogens (tertiary/aromatic N) is 5. The summed E-state index contributed by atoms with van der Waals surface area (Å²) in [4.78, 5) is 14.8. The van der Waals surface area contributed by atoms with Gasteiger partial charge in [0.05, 0.1) is 5.70 Å². The molecule has 2 heterocycles. The molecule has 34 heavy (non-hydrogen) atoms. The van der Waals surface area contributed by atoms with E-state index < -0.39 is 5.82 Å². The van der Waals surface area contributed by atoms with E-state index in [0.29, 0.717) is 11.6 Å². The SMILES string of the molecule is Cc1ccc([C@@H]2C=C(c3ccccc3)N(CC(=O)Nc3cc(F)ccc3C)c3nnnn32)cc1. The van der Waals surface area contributed by atoms with Crippen LogP contribution in [0.4, 0.5) is 16.0 Å². The lowest BCUT2D eigenvalue weighted by Gasteiger charge is -2.32. The summed E-state index contributed by atoms with van der Waals surface area (Å²) >= 11 is 0. The van der Waals surface area contributed by atoms with Crippen LogP contribution < -0.4 is 10.2 Å². The molecule has 1 aliphatic rings. The number of halogens is 1. The van der Waals surface area contributed by atoms with Crippen molar-refractivity contribution in [2.45, 2.75) is 19.9 Å². The number of fused-ring (bicyclic) bond motifs is 1. The van der Waals surface area contributed by atoms with Gasteiger partial charge < -0.3 is 5.32 Å². The summed E-state index contributed by atoms with van der Waals surface area (Å²) in [5.74, 6) is -0.259. The number of nitrogens with one attached hydrogen (secondary N) is 1. The number of amides is 1. The molecule has 3 aromatic carbocycles. The van der Waals surface area contributed by atoms with E-state index in [2.05, 4.69) is 51.2 Å². The molecule has 8 heteroatoms. The molecular weight excluding hydrogens is 431 g/mol. The molecule has 170 valence electrons. The predicted octanol–water partition coefficient (Wildman–Crippen LogP) is 4.52. The van der Waals surface area contributed by atoms with E-state index in [0.717, 1.165) is 28.0 Å². The van der Waals surface area contributed by atoms with Gasteiger partial charge in [-0.25, -0.2) is 4.39 Å². The van der Waals surface area contributed by atoms with Crippen molar-refractivity contribution in [2.24, 2.45) is 0 Å². The van der Waals surface area contributed by atoms with E-state index in [1.54, 1.807) is 15.6 Å². The highest BCUT2D eigenvalue weighted by Crippen LogP contribution is 2.36. The second-order valence-electron chi connectivity index (χ2n) is 8.29. The van der Waals surface area contributed by atoms with Crippen LogP contribution >= 0.6 is 0 Å². The molecular formula is C26H23FN6O. The third kappa shape index (κ3) is 4.17. The van der Waals surface area contributed by atoms with Gasteiger partial charge in [-0.3, -0.25) is 9.69 Å². The van der Waals surface area contributed by atoms with Gasteiger partial charge in [-0.15, -0.1) is 0 Å². The van der Waals surface area contributed by atoms with Gasteiger partial charge in [-0.2, -0.15) is 4.68 Å². The first kappa shape index (κ1) is 21.5. The summed E-state index contributed by atoms with van der Waals surface area (Å²) < 4.78 is 15.4. The maximum absolute atomic E-state index is 13.7. The summed E-state index contributed by atoms with van der Waals surface area (Å²) in [6, 6.07) is 22.1. The minimum atomic E-state index is -0.409. The molecule has 0 bridgehead atoms. The first-order valence-electron chi connectivity index (χ1n) is 10.9. The number of rotatable bonds is 5. The Morgan fingerprint density at radius 1 is 1.03 bits per heavy atom. The third-order valence-corrected chi connectivity index (χ3v) is 5.85. The minimum absolute atomic E-state index is 0.0440. The lowest BCUT2D eigenvalue weighted by molar-refractivity contribution is -0.114. The molecule has 1 amide bonds. The Labute approximate surface area is 196 Å². The molecule has 0 fully saturated rings. The highest BCUT2D eigenvalue weighted by Gasteiger charge is 2.32. The zero-order chi connectivity index (χ0) is 23.7.